The number of aromatic nitrogens is 2. The largest absolute Gasteiger partial charge is 0.512 e. The highest BCUT2D eigenvalue weighted by Crippen LogP contribution is 2.17. The lowest BCUT2D eigenvalue weighted by Gasteiger charge is -2.16. The summed E-state index contributed by atoms with van der Waals surface area (Å²) in [5.41, 5.74) is -1.23. The minimum absolute atomic E-state index is 0.0699. The molecule has 0 N–H and O–H groups in total. The summed E-state index contributed by atoms with van der Waals surface area (Å²) in [4.78, 5) is 4.07. The van der Waals surface area contributed by atoms with Gasteiger partial charge in [-0.15, -0.1) is 0 Å². The summed E-state index contributed by atoms with van der Waals surface area (Å²) in [6.45, 7) is -5.13. The molecule has 1 aromatic carbocycles. The maximum Gasteiger partial charge on any atom is 0.512 e. The van der Waals surface area contributed by atoms with Crippen LogP contribution in [0.4, 0.5) is 17.3 Å². The van der Waals surface area contributed by atoms with E-state index in [2.05, 4.69) is 4.98 Å². The Kier molecular flexibility index (Phi) is 4.01. The van der Waals surface area contributed by atoms with Crippen molar-refractivity contribution in [1.29, 1.82) is 0 Å². The van der Waals surface area contributed by atoms with Crippen LogP contribution in [0.2, 0.25) is 0 Å². The SMILES string of the molecule is Cn1ccnc1CCOc1ccc([B-](F)(F)F)c(F)c1. The van der Waals surface area contributed by atoms with Crippen molar-refractivity contribution in [2.75, 3.05) is 6.61 Å². The van der Waals surface area contributed by atoms with Crippen molar-refractivity contribution >= 4 is 12.4 Å². The van der Waals surface area contributed by atoms with Crippen LogP contribution in [-0.2, 0) is 13.5 Å². The molecule has 1 heterocycles. The molecule has 0 radical (unpaired) electrons. The molecule has 0 bridgehead atoms. The number of imidazole rings is 1. The van der Waals surface area contributed by atoms with Crippen LogP contribution in [0.3, 0.4) is 0 Å². The molecule has 1 aromatic heterocycles. The lowest BCUT2D eigenvalue weighted by molar-refractivity contribution is 0.316. The van der Waals surface area contributed by atoms with Gasteiger partial charge in [0.1, 0.15) is 11.6 Å². The molecule has 0 aliphatic rings. The monoisotopic (exact) mass is 287 g/mol. The summed E-state index contributed by atoms with van der Waals surface area (Å²) >= 11 is 0. The molecule has 20 heavy (non-hydrogen) atoms. The van der Waals surface area contributed by atoms with E-state index in [0.29, 0.717) is 12.5 Å². The Morgan fingerprint density at radius 3 is 2.60 bits per heavy atom. The van der Waals surface area contributed by atoms with E-state index in [1.807, 2.05) is 7.05 Å². The van der Waals surface area contributed by atoms with Gasteiger partial charge in [-0.1, -0.05) is 11.5 Å². The Balaban J connectivity index is 1.97. The van der Waals surface area contributed by atoms with Crippen LogP contribution >= 0.6 is 0 Å². The van der Waals surface area contributed by atoms with Gasteiger partial charge in [0.05, 0.1) is 12.4 Å². The first-order valence-electron chi connectivity index (χ1n) is 5.96. The zero-order chi connectivity index (χ0) is 14.8. The average molecular weight is 287 g/mol. The zero-order valence-electron chi connectivity index (χ0n) is 10.7. The maximum atomic E-state index is 13.3. The minimum atomic E-state index is -5.34. The van der Waals surface area contributed by atoms with E-state index in [9.17, 15) is 17.3 Å². The van der Waals surface area contributed by atoms with E-state index in [0.717, 1.165) is 18.0 Å². The summed E-state index contributed by atoms with van der Waals surface area (Å²) in [5, 5.41) is 0. The second kappa shape index (κ2) is 5.56. The fourth-order valence-electron chi connectivity index (χ4n) is 1.76. The summed E-state index contributed by atoms with van der Waals surface area (Å²) in [7, 11) is 1.82. The Morgan fingerprint density at radius 2 is 2.05 bits per heavy atom. The van der Waals surface area contributed by atoms with E-state index in [-0.39, 0.29) is 12.4 Å². The molecule has 8 heteroatoms. The third kappa shape index (κ3) is 3.31. The van der Waals surface area contributed by atoms with Gasteiger partial charge in [0, 0.05) is 31.9 Å². The first-order valence-corrected chi connectivity index (χ1v) is 5.96. The average Bonchev–Trinajstić information content (AvgIpc) is 2.73. The highest BCUT2D eigenvalue weighted by atomic mass is 19.4. The van der Waals surface area contributed by atoms with Crippen molar-refractivity contribution in [1.82, 2.24) is 9.55 Å². The first-order chi connectivity index (χ1) is 9.38. The fraction of sp³-hybridized carbons (Fsp3) is 0.250. The van der Waals surface area contributed by atoms with E-state index in [4.69, 9.17) is 4.74 Å². The van der Waals surface area contributed by atoms with Gasteiger partial charge in [0.25, 0.3) is 0 Å². The number of benzene rings is 1. The highest BCUT2D eigenvalue weighted by molar-refractivity contribution is 6.73. The molecule has 0 amide bonds. The van der Waals surface area contributed by atoms with Crippen LogP contribution < -0.4 is 10.2 Å². The Morgan fingerprint density at radius 1 is 1.30 bits per heavy atom. The van der Waals surface area contributed by atoms with Gasteiger partial charge in [0.15, 0.2) is 0 Å². The summed E-state index contributed by atoms with van der Waals surface area (Å²) in [6.07, 6.45) is 3.89. The fourth-order valence-corrected chi connectivity index (χ4v) is 1.76. The summed E-state index contributed by atoms with van der Waals surface area (Å²) in [5.74, 6) is -0.465. The maximum absolute atomic E-state index is 13.3. The Bertz CT molecular complexity index is 597. The van der Waals surface area contributed by atoms with Gasteiger partial charge in [-0.05, 0) is 6.07 Å². The topological polar surface area (TPSA) is 27.1 Å². The van der Waals surface area contributed by atoms with Gasteiger partial charge >= 0.3 is 6.98 Å². The molecule has 0 aliphatic heterocycles. The molecule has 2 aromatic rings. The van der Waals surface area contributed by atoms with Crippen LogP contribution in [0.25, 0.3) is 0 Å². The Labute approximate surface area is 113 Å². The van der Waals surface area contributed by atoms with E-state index in [1.165, 1.54) is 0 Å². The van der Waals surface area contributed by atoms with E-state index >= 15 is 0 Å². The van der Waals surface area contributed by atoms with Crippen LogP contribution in [0, 0.1) is 5.82 Å². The molecule has 2 rings (SSSR count). The van der Waals surface area contributed by atoms with Crippen molar-refractivity contribution in [3.63, 3.8) is 0 Å². The van der Waals surface area contributed by atoms with Crippen molar-refractivity contribution in [2.45, 2.75) is 6.42 Å². The molecule has 0 fully saturated rings. The van der Waals surface area contributed by atoms with E-state index in [1.54, 1.807) is 17.0 Å². The normalized spacial score (nSPS) is 11.7. The standard InChI is InChI=1S/C12H12BF4N2O/c1-19-6-5-18-12(19)4-7-20-9-2-3-10(11(14)8-9)13(15,16)17/h2-3,5-6,8H,4,7H2,1H3/q-1. The van der Waals surface area contributed by atoms with Gasteiger partial charge in [0.2, 0.25) is 0 Å². The number of nitrogens with zero attached hydrogens (tertiary/aromatic N) is 2. The highest BCUT2D eigenvalue weighted by Gasteiger charge is 2.28. The van der Waals surface area contributed by atoms with E-state index < -0.39 is 18.3 Å². The summed E-state index contributed by atoms with van der Waals surface area (Å²) in [6, 6.07) is 2.57. The van der Waals surface area contributed by atoms with Crippen LogP contribution in [0.1, 0.15) is 5.82 Å². The second-order valence-electron chi connectivity index (χ2n) is 4.31. The molecular formula is C12H12BF4N2O-. The second-order valence-corrected chi connectivity index (χ2v) is 4.31. The molecule has 0 unspecified atom stereocenters. The summed E-state index contributed by atoms with van der Waals surface area (Å²) < 4.78 is 57.6. The van der Waals surface area contributed by atoms with Gasteiger partial charge in [-0.25, -0.2) is 9.37 Å². The number of ether oxygens (including phenoxy) is 1. The number of halogens is 4. The molecule has 0 saturated carbocycles. The van der Waals surface area contributed by atoms with Crippen molar-refractivity contribution in [3.8, 4) is 5.75 Å². The van der Waals surface area contributed by atoms with Crippen LogP contribution in [-0.4, -0.2) is 23.1 Å². The van der Waals surface area contributed by atoms with Crippen LogP contribution in [0.5, 0.6) is 5.75 Å². The molecule has 0 spiro atoms. The minimum Gasteiger partial charge on any atom is -0.493 e. The van der Waals surface area contributed by atoms with Crippen LogP contribution in [0.15, 0.2) is 30.6 Å². The number of rotatable bonds is 5. The van der Waals surface area contributed by atoms with Crippen molar-refractivity contribution < 1.29 is 22.1 Å². The lowest BCUT2D eigenvalue weighted by atomic mass is 9.80. The molecular weight excluding hydrogens is 275 g/mol. The van der Waals surface area contributed by atoms with Gasteiger partial charge in [-0.3, -0.25) is 0 Å². The molecule has 0 aliphatic carbocycles. The molecule has 0 atom stereocenters. The number of hydrogen-bond donors (Lipinski definition) is 0. The lowest BCUT2D eigenvalue weighted by Crippen LogP contribution is -2.36. The van der Waals surface area contributed by atoms with Gasteiger partial charge < -0.3 is 22.3 Å². The Hall–Kier alpha value is -1.99. The quantitative estimate of drug-likeness (QED) is 0.623. The molecule has 3 nitrogen and oxygen atoms in total. The predicted octanol–water partition coefficient (Wildman–Crippen LogP) is 2.24. The number of aryl methyl sites for hydroxylation is 1. The first kappa shape index (κ1) is 14.4. The van der Waals surface area contributed by atoms with Crippen molar-refractivity contribution in [3.05, 3.63) is 42.2 Å². The number of hydrogen-bond acceptors (Lipinski definition) is 2. The predicted molar refractivity (Wildman–Crippen MR) is 67.5 cm³/mol. The molecule has 0 saturated heterocycles. The molecule has 108 valence electrons. The van der Waals surface area contributed by atoms with Gasteiger partial charge in [-0.2, -0.15) is 0 Å². The third-order valence-corrected chi connectivity index (χ3v) is 2.84. The smallest absolute Gasteiger partial charge is 0.493 e. The van der Waals surface area contributed by atoms with Crippen molar-refractivity contribution in [2.24, 2.45) is 7.05 Å². The third-order valence-electron chi connectivity index (χ3n) is 2.84. The zero-order valence-corrected chi connectivity index (χ0v) is 10.7.